The molecule has 0 amide bonds. The number of allylic oxidation sites excluding steroid dienone is 3. The van der Waals surface area contributed by atoms with Gasteiger partial charge in [-0.1, -0.05) is 33.1 Å². The molecular formula is C16H27N3. The minimum Gasteiger partial charge on any atom is -0.369 e. The molecule has 2 aliphatic heterocycles. The molecule has 2 rings (SSSR count). The van der Waals surface area contributed by atoms with Gasteiger partial charge in [-0.05, 0) is 17.6 Å². The SMILES string of the molecule is C=C/C(=C\C(=C)N1CC(N2CCNCC2)C1)C(C)C. The van der Waals surface area contributed by atoms with Gasteiger partial charge in [0.15, 0.2) is 0 Å². The second kappa shape index (κ2) is 6.40. The molecule has 19 heavy (non-hydrogen) atoms. The molecular weight excluding hydrogens is 234 g/mol. The quantitative estimate of drug-likeness (QED) is 0.762. The molecule has 0 unspecified atom stereocenters. The number of rotatable bonds is 5. The Labute approximate surface area is 117 Å². The summed E-state index contributed by atoms with van der Waals surface area (Å²) in [5.74, 6) is 0.513. The average molecular weight is 261 g/mol. The summed E-state index contributed by atoms with van der Waals surface area (Å²) in [6.07, 6.45) is 4.13. The first-order valence-electron chi connectivity index (χ1n) is 7.34. The van der Waals surface area contributed by atoms with Crippen LogP contribution in [0.15, 0.2) is 36.6 Å². The molecule has 0 spiro atoms. The summed E-state index contributed by atoms with van der Waals surface area (Å²) < 4.78 is 0. The Balaban J connectivity index is 1.82. The normalized spacial score (nSPS) is 22.5. The van der Waals surface area contributed by atoms with Crippen LogP contribution in [-0.2, 0) is 0 Å². The summed E-state index contributed by atoms with van der Waals surface area (Å²) in [7, 11) is 0. The van der Waals surface area contributed by atoms with Crippen LogP contribution >= 0.6 is 0 Å². The summed E-state index contributed by atoms with van der Waals surface area (Å²) >= 11 is 0. The minimum absolute atomic E-state index is 0.513. The fourth-order valence-corrected chi connectivity index (χ4v) is 2.71. The third kappa shape index (κ3) is 3.48. The Kier molecular flexibility index (Phi) is 4.83. The van der Waals surface area contributed by atoms with Crippen molar-refractivity contribution < 1.29 is 0 Å². The van der Waals surface area contributed by atoms with Crippen LogP contribution in [-0.4, -0.2) is 55.1 Å². The van der Waals surface area contributed by atoms with Crippen LogP contribution in [0.1, 0.15) is 13.8 Å². The van der Waals surface area contributed by atoms with Gasteiger partial charge in [0, 0.05) is 51.0 Å². The highest BCUT2D eigenvalue weighted by Gasteiger charge is 2.32. The highest BCUT2D eigenvalue weighted by molar-refractivity contribution is 5.29. The van der Waals surface area contributed by atoms with Crippen LogP contribution in [0.25, 0.3) is 0 Å². The number of piperazine rings is 1. The molecule has 2 saturated heterocycles. The van der Waals surface area contributed by atoms with E-state index in [2.05, 4.69) is 48.2 Å². The molecule has 0 bridgehead atoms. The van der Waals surface area contributed by atoms with Crippen LogP contribution < -0.4 is 5.32 Å². The third-order valence-corrected chi connectivity index (χ3v) is 4.17. The van der Waals surface area contributed by atoms with E-state index in [0.29, 0.717) is 5.92 Å². The Morgan fingerprint density at radius 3 is 2.42 bits per heavy atom. The topological polar surface area (TPSA) is 18.5 Å². The second-order valence-electron chi connectivity index (χ2n) is 5.84. The van der Waals surface area contributed by atoms with E-state index in [9.17, 15) is 0 Å². The summed E-state index contributed by atoms with van der Waals surface area (Å²) in [6, 6.07) is 0.721. The molecule has 0 atom stereocenters. The summed E-state index contributed by atoms with van der Waals surface area (Å²) in [6.45, 7) is 19.3. The number of likely N-dealkylation sites (tertiary alicyclic amines) is 1. The first kappa shape index (κ1) is 14.4. The van der Waals surface area contributed by atoms with Gasteiger partial charge in [0.1, 0.15) is 0 Å². The third-order valence-electron chi connectivity index (χ3n) is 4.17. The monoisotopic (exact) mass is 261 g/mol. The van der Waals surface area contributed by atoms with E-state index in [1.165, 1.54) is 18.7 Å². The predicted molar refractivity (Wildman–Crippen MR) is 82.1 cm³/mol. The zero-order chi connectivity index (χ0) is 13.8. The number of nitrogens with zero attached hydrogens (tertiary/aromatic N) is 2. The molecule has 106 valence electrons. The van der Waals surface area contributed by atoms with Crippen LogP contribution in [0.5, 0.6) is 0 Å². The molecule has 3 nitrogen and oxygen atoms in total. The van der Waals surface area contributed by atoms with Gasteiger partial charge in [0.05, 0.1) is 0 Å². The van der Waals surface area contributed by atoms with Crippen molar-refractivity contribution in [1.82, 2.24) is 15.1 Å². The minimum atomic E-state index is 0.513. The van der Waals surface area contributed by atoms with Crippen molar-refractivity contribution in [3.63, 3.8) is 0 Å². The lowest BCUT2D eigenvalue weighted by Gasteiger charge is -2.48. The molecule has 0 saturated carbocycles. The highest BCUT2D eigenvalue weighted by Crippen LogP contribution is 2.22. The highest BCUT2D eigenvalue weighted by atomic mass is 15.3. The zero-order valence-corrected chi connectivity index (χ0v) is 12.4. The predicted octanol–water partition coefficient (Wildman–Crippen LogP) is 1.86. The maximum absolute atomic E-state index is 4.20. The molecule has 1 N–H and O–H groups in total. The second-order valence-corrected chi connectivity index (χ2v) is 5.84. The van der Waals surface area contributed by atoms with Crippen molar-refractivity contribution in [1.29, 1.82) is 0 Å². The zero-order valence-electron chi connectivity index (χ0n) is 12.4. The number of nitrogens with one attached hydrogen (secondary N) is 1. The van der Waals surface area contributed by atoms with Gasteiger partial charge in [-0.25, -0.2) is 0 Å². The smallest absolute Gasteiger partial charge is 0.0447 e. The van der Waals surface area contributed by atoms with E-state index in [0.717, 1.165) is 37.9 Å². The molecule has 2 heterocycles. The van der Waals surface area contributed by atoms with Crippen LogP contribution in [0.2, 0.25) is 0 Å². The van der Waals surface area contributed by atoms with E-state index in [1.54, 1.807) is 0 Å². The van der Waals surface area contributed by atoms with Crippen molar-refractivity contribution in [2.45, 2.75) is 19.9 Å². The van der Waals surface area contributed by atoms with Crippen molar-refractivity contribution >= 4 is 0 Å². The van der Waals surface area contributed by atoms with Crippen molar-refractivity contribution in [2.24, 2.45) is 5.92 Å². The van der Waals surface area contributed by atoms with Crippen molar-refractivity contribution in [2.75, 3.05) is 39.3 Å². The lowest BCUT2D eigenvalue weighted by atomic mass is 10.00. The summed E-state index contributed by atoms with van der Waals surface area (Å²) in [4.78, 5) is 4.97. The number of hydrogen-bond acceptors (Lipinski definition) is 3. The molecule has 0 aromatic rings. The standard InChI is InChI=1S/C16H27N3/c1-5-15(13(2)3)10-14(4)19-11-16(12-19)18-8-6-17-7-9-18/h5,10,13,16-17H,1,4,6-9,11-12H2,2-3H3/b15-10+. The Bertz CT molecular complexity index is 358. The summed E-state index contributed by atoms with van der Waals surface area (Å²) in [5.41, 5.74) is 2.41. The van der Waals surface area contributed by atoms with E-state index in [1.807, 2.05) is 6.08 Å². The molecule has 3 heteroatoms. The molecule has 0 aromatic carbocycles. The Morgan fingerprint density at radius 2 is 1.89 bits per heavy atom. The maximum atomic E-state index is 4.20. The molecule has 2 aliphatic rings. The first-order valence-corrected chi connectivity index (χ1v) is 7.34. The van der Waals surface area contributed by atoms with E-state index in [4.69, 9.17) is 0 Å². The molecule has 0 radical (unpaired) electrons. The summed E-state index contributed by atoms with van der Waals surface area (Å²) in [5, 5.41) is 3.40. The average Bonchev–Trinajstić information content (AvgIpc) is 2.35. The lowest BCUT2D eigenvalue weighted by Crippen LogP contribution is -2.61. The van der Waals surface area contributed by atoms with Gasteiger partial charge in [-0.2, -0.15) is 0 Å². The van der Waals surface area contributed by atoms with Crippen LogP contribution in [0.3, 0.4) is 0 Å². The van der Waals surface area contributed by atoms with E-state index >= 15 is 0 Å². The Morgan fingerprint density at radius 1 is 1.26 bits per heavy atom. The lowest BCUT2D eigenvalue weighted by molar-refractivity contribution is 0.0521. The fourth-order valence-electron chi connectivity index (χ4n) is 2.71. The van der Waals surface area contributed by atoms with Crippen molar-refractivity contribution in [3.05, 3.63) is 36.6 Å². The van der Waals surface area contributed by atoms with E-state index in [-0.39, 0.29) is 0 Å². The molecule has 0 aliphatic carbocycles. The molecule has 2 fully saturated rings. The largest absolute Gasteiger partial charge is 0.369 e. The number of hydrogen-bond donors (Lipinski definition) is 1. The molecule has 0 aromatic heterocycles. The first-order chi connectivity index (χ1) is 9.11. The van der Waals surface area contributed by atoms with Gasteiger partial charge in [0.25, 0.3) is 0 Å². The van der Waals surface area contributed by atoms with Gasteiger partial charge >= 0.3 is 0 Å². The van der Waals surface area contributed by atoms with Crippen LogP contribution in [0.4, 0.5) is 0 Å². The fraction of sp³-hybridized carbons (Fsp3) is 0.625. The van der Waals surface area contributed by atoms with Crippen molar-refractivity contribution in [3.8, 4) is 0 Å². The van der Waals surface area contributed by atoms with Gasteiger partial charge in [-0.3, -0.25) is 4.90 Å². The Hall–Kier alpha value is -1.06. The maximum Gasteiger partial charge on any atom is 0.0447 e. The van der Waals surface area contributed by atoms with Crippen LogP contribution in [0, 0.1) is 5.92 Å². The van der Waals surface area contributed by atoms with Gasteiger partial charge < -0.3 is 10.2 Å². The van der Waals surface area contributed by atoms with E-state index < -0.39 is 0 Å². The van der Waals surface area contributed by atoms with Gasteiger partial charge in [0.2, 0.25) is 0 Å². The van der Waals surface area contributed by atoms with Gasteiger partial charge in [-0.15, -0.1) is 0 Å².